The molecule has 0 amide bonds. The molecule has 4 nitrogen and oxygen atoms in total. The first-order valence-electron chi connectivity index (χ1n) is 4.73. The number of likely N-dealkylation sites (N-methyl/N-ethyl adjacent to an activating group) is 1. The number of anilines is 1. The van der Waals surface area contributed by atoms with Gasteiger partial charge in [0, 0.05) is 20.2 Å². The maximum atomic E-state index is 9.10. The van der Waals surface area contributed by atoms with E-state index in [0.29, 0.717) is 6.10 Å². The van der Waals surface area contributed by atoms with Crippen molar-refractivity contribution in [2.24, 2.45) is 0 Å². The summed E-state index contributed by atoms with van der Waals surface area (Å²) in [6, 6.07) is 0. The molecule has 0 saturated carbocycles. The summed E-state index contributed by atoms with van der Waals surface area (Å²) in [6.07, 6.45) is 2.61. The van der Waals surface area contributed by atoms with Crippen molar-refractivity contribution in [1.29, 1.82) is 0 Å². The summed E-state index contributed by atoms with van der Waals surface area (Å²) >= 11 is 1.45. The van der Waals surface area contributed by atoms with Gasteiger partial charge in [0.2, 0.25) is 5.88 Å². The van der Waals surface area contributed by atoms with E-state index in [-0.39, 0.29) is 5.88 Å². The van der Waals surface area contributed by atoms with Gasteiger partial charge in [-0.05, 0) is 12.8 Å². The molecule has 0 spiro atoms. The van der Waals surface area contributed by atoms with Gasteiger partial charge in [0.25, 0.3) is 0 Å². The largest absolute Gasteiger partial charge is 0.493 e. The quantitative estimate of drug-likeness (QED) is 0.827. The predicted molar refractivity (Wildman–Crippen MR) is 56.0 cm³/mol. The van der Waals surface area contributed by atoms with Crippen LogP contribution in [0.1, 0.15) is 12.8 Å². The van der Waals surface area contributed by atoms with Crippen LogP contribution < -0.4 is 4.90 Å². The monoisotopic (exact) mass is 214 g/mol. The van der Waals surface area contributed by atoms with Crippen LogP contribution in [0.25, 0.3) is 0 Å². The summed E-state index contributed by atoms with van der Waals surface area (Å²) in [4.78, 5) is 6.03. The molecular weight excluding hydrogens is 200 g/mol. The van der Waals surface area contributed by atoms with Crippen molar-refractivity contribution < 1.29 is 9.84 Å². The molecule has 5 heteroatoms. The van der Waals surface area contributed by atoms with Gasteiger partial charge in [-0.25, -0.2) is 0 Å². The second-order valence-electron chi connectivity index (χ2n) is 3.50. The Hall–Kier alpha value is -0.810. The number of aromatic hydroxyl groups is 1. The molecule has 1 aliphatic heterocycles. The van der Waals surface area contributed by atoms with Gasteiger partial charge in [-0.3, -0.25) is 0 Å². The molecule has 14 heavy (non-hydrogen) atoms. The van der Waals surface area contributed by atoms with Gasteiger partial charge in [0.15, 0.2) is 5.13 Å². The number of aromatic nitrogens is 1. The fraction of sp³-hybridized carbons (Fsp3) is 0.667. The van der Waals surface area contributed by atoms with E-state index in [1.807, 2.05) is 11.9 Å². The molecule has 1 saturated heterocycles. The lowest BCUT2D eigenvalue weighted by molar-refractivity contribution is 0.116. The SMILES string of the molecule is CN(CC1CCCO1)c1nc(O)cs1. The van der Waals surface area contributed by atoms with Crippen LogP contribution in [0.2, 0.25) is 0 Å². The minimum Gasteiger partial charge on any atom is -0.493 e. The van der Waals surface area contributed by atoms with Gasteiger partial charge >= 0.3 is 0 Å². The number of hydrogen-bond acceptors (Lipinski definition) is 5. The zero-order valence-electron chi connectivity index (χ0n) is 8.14. The Bertz CT molecular complexity index is 297. The highest BCUT2D eigenvalue weighted by Crippen LogP contribution is 2.24. The molecule has 2 rings (SSSR count). The fourth-order valence-corrected chi connectivity index (χ4v) is 2.27. The van der Waals surface area contributed by atoms with Crippen LogP contribution in [0, 0.1) is 0 Å². The van der Waals surface area contributed by atoms with Gasteiger partial charge in [-0.2, -0.15) is 4.98 Å². The molecule has 2 heterocycles. The van der Waals surface area contributed by atoms with Crippen LogP contribution in [-0.2, 0) is 4.74 Å². The lowest BCUT2D eigenvalue weighted by Crippen LogP contribution is -2.28. The molecule has 0 radical (unpaired) electrons. The fourth-order valence-electron chi connectivity index (χ4n) is 1.60. The third kappa shape index (κ3) is 2.16. The topological polar surface area (TPSA) is 45.6 Å². The van der Waals surface area contributed by atoms with Gasteiger partial charge in [0.05, 0.1) is 11.5 Å². The number of thiazole rings is 1. The summed E-state index contributed by atoms with van der Waals surface area (Å²) in [5.74, 6) is 0.101. The summed E-state index contributed by atoms with van der Waals surface area (Å²) < 4.78 is 5.52. The van der Waals surface area contributed by atoms with Crippen LogP contribution in [0.3, 0.4) is 0 Å². The molecule has 0 aliphatic carbocycles. The zero-order valence-corrected chi connectivity index (χ0v) is 8.96. The molecule has 1 aromatic heterocycles. The Morgan fingerprint density at radius 2 is 2.64 bits per heavy atom. The summed E-state index contributed by atoms with van der Waals surface area (Å²) in [6.45, 7) is 1.73. The summed E-state index contributed by atoms with van der Waals surface area (Å²) in [5.41, 5.74) is 0. The first kappa shape index (κ1) is 9.73. The lowest BCUT2D eigenvalue weighted by atomic mass is 10.2. The van der Waals surface area contributed by atoms with Gasteiger partial charge in [-0.15, -0.1) is 11.3 Å². The van der Waals surface area contributed by atoms with Crippen molar-refractivity contribution in [3.8, 4) is 5.88 Å². The van der Waals surface area contributed by atoms with Crippen LogP contribution in [0.15, 0.2) is 5.38 Å². The number of hydrogen-bond donors (Lipinski definition) is 1. The van der Waals surface area contributed by atoms with Crippen molar-refractivity contribution in [2.45, 2.75) is 18.9 Å². The minimum atomic E-state index is 0.101. The van der Waals surface area contributed by atoms with Gasteiger partial charge in [0.1, 0.15) is 0 Å². The first-order chi connectivity index (χ1) is 6.75. The van der Waals surface area contributed by atoms with Crippen LogP contribution in [-0.4, -0.2) is 36.4 Å². The molecule has 1 aromatic rings. The Morgan fingerprint density at radius 1 is 1.79 bits per heavy atom. The smallest absolute Gasteiger partial charge is 0.223 e. The maximum absolute atomic E-state index is 9.10. The van der Waals surface area contributed by atoms with E-state index in [2.05, 4.69) is 4.98 Å². The van der Waals surface area contributed by atoms with Gasteiger partial charge < -0.3 is 14.7 Å². The molecule has 1 fully saturated rings. The van der Waals surface area contributed by atoms with Crippen LogP contribution in [0.4, 0.5) is 5.13 Å². The van der Waals surface area contributed by atoms with Crippen molar-refractivity contribution in [1.82, 2.24) is 4.98 Å². The van der Waals surface area contributed by atoms with E-state index in [1.54, 1.807) is 5.38 Å². The molecule has 1 N–H and O–H groups in total. The van der Waals surface area contributed by atoms with E-state index < -0.39 is 0 Å². The average molecular weight is 214 g/mol. The number of nitrogens with zero attached hydrogens (tertiary/aromatic N) is 2. The molecule has 1 atom stereocenters. The van der Waals surface area contributed by atoms with E-state index in [0.717, 1.165) is 31.1 Å². The van der Waals surface area contributed by atoms with Crippen LogP contribution in [0.5, 0.6) is 5.88 Å². The van der Waals surface area contributed by atoms with Crippen LogP contribution >= 0.6 is 11.3 Å². The van der Waals surface area contributed by atoms with Crippen molar-refractivity contribution >= 4 is 16.5 Å². The molecule has 0 aromatic carbocycles. The zero-order chi connectivity index (χ0) is 9.97. The number of rotatable bonds is 3. The second kappa shape index (κ2) is 4.14. The normalized spacial score (nSPS) is 21.4. The van der Waals surface area contributed by atoms with Crippen molar-refractivity contribution in [3.05, 3.63) is 5.38 Å². The first-order valence-corrected chi connectivity index (χ1v) is 5.61. The second-order valence-corrected chi connectivity index (χ2v) is 4.34. The summed E-state index contributed by atoms with van der Waals surface area (Å²) in [5, 5.41) is 11.6. The standard InChI is InChI=1S/C9H14N2O2S/c1-11(5-7-3-2-4-13-7)9-10-8(12)6-14-9/h6-7,12H,2-5H2,1H3. The minimum absolute atomic E-state index is 0.101. The Morgan fingerprint density at radius 3 is 3.21 bits per heavy atom. The lowest BCUT2D eigenvalue weighted by Gasteiger charge is -2.19. The Balaban J connectivity index is 1.91. The maximum Gasteiger partial charge on any atom is 0.223 e. The summed E-state index contributed by atoms with van der Waals surface area (Å²) in [7, 11) is 1.97. The van der Waals surface area contributed by atoms with Gasteiger partial charge in [-0.1, -0.05) is 0 Å². The Labute approximate surface area is 87.1 Å². The molecule has 78 valence electrons. The van der Waals surface area contributed by atoms with Crippen molar-refractivity contribution in [2.75, 3.05) is 25.1 Å². The van der Waals surface area contributed by atoms with E-state index >= 15 is 0 Å². The predicted octanol–water partition coefficient (Wildman–Crippen LogP) is 1.46. The highest BCUT2D eigenvalue weighted by Gasteiger charge is 2.18. The molecular formula is C9H14N2O2S. The van der Waals surface area contributed by atoms with Crippen molar-refractivity contribution in [3.63, 3.8) is 0 Å². The third-order valence-electron chi connectivity index (χ3n) is 2.31. The highest BCUT2D eigenvalue weighted by molar-refractivity contribution is 7.13. The highest BCUT2D eigenvalue weighted by atomic mass is 32.1. The molecule has 1 aliphatic rings. The van der Waals surface area contributed by atoms with E-state index in [4.69, 9.17) is 9.84 Å². The molecule has 0 bridgehead atoms. The van der Waals surface area contributed by atoms with E-state index in [1.165, 1.54) is 11.3 Å². The van der Waals surface area contributed by atoms with E-state index in [9.17, 15) is 0 Å². The average Bonchev–Trinajstić information content (AvgIpc) is 2.75. The number of ether oxygens (including phenoxy) is 1. The third-order valence-corrected chi connectivity index (χ3v) is 3.25. The molecule has 1 unspecified atom stereocenters. The Kier molecular flexibility index (Phi) is 2.88.